The van der Waals surface area contributed by atoms with Gasteiger partial charge in [-0.1, -0.05) is 46.3 Å². The molecule has 2 aromatic rings. The number of nitrogens with one attached hydrogen (secondary N) is 1. The Bertz CT molecular complexity index is 546. The second-order valence-corrected chi connectivity index (χ2v) is 5.47. The van der Waals surface area contributed by atoms with E-state index in [1.54, 1.807) is 0 Å². The quantitative estimate of drug-likeness (QED) is 0.893. The molecule has 0 heterocycles. The molecular weight excluding hydrogens is 302 g/mol. The van der Waals surface area contributed by atoms with E-state index in [1.807, 2.05) is 55.5 Å². The summed E-state index contributed by atoms with van der Waals surface area (Å²) >= 11 is 3.43. The molecule has 19 heavy (non-hydrogen) atoms. The topological polar surface area (TPSA) is 29.1 Å². The van der Waals surface area contributed by atoms with Crippen LogP contribution in [0.25, 0.3) is 0 Å². The van der Waals surface area contributed by atoms with Crippen LogP contribution in [0.1, 0.15) is 17.5 Å². The number of hydrogen-bond donors (Lipinski definition) is 1. The summed E-state index contributed by atoms with van der Waals surface area (Å²) in [5.74, 6) is 0.0429. The van der Waals surface area contributed by atoms with Gasteiger partial charge in [0, 0.05) is 16.6 Å². The highest BCUT2D eigenvalue weighted by molar-refractivity contribution is 9.10. The molecule has 1 amide bonds. The molecule has 2 aromatic carbocycles. The first-order chi connectivity index (χ1) is 9.13. The molecule has 0 aliphatic rings. The number of amides is 1. The Morgan fingerprint density at radius 2 is 1.89 bits per heavy atom. The molecule has 0 fully saturated rings. The maximum Gasteiger partial charge on any atom is 0.224 e. The minimum atomic E-state index is 0.0429. The molecule has 0 aromatic heterocycles. The lowest BCUT2D eigenvalue weighted by atomic mass is 10.1. The van der Waals surface area contributed by atoms with Crippen LogP contribution in [0.15, 0.2) is 53.0 Å². The maximum atomic E-state index is 11.9. The average molecular weight is 318 g/mol. The number of carbonyl (C=O) groups is 1. The Hall–Kier alpha value is -1.61. The van der Waals surface area contributed by atoms with E-state index in [9.17, 15) is 4.79 Å². The first-order valence-corrected chi connectivity index (χ1v) is 7.04. The fourth-order valence-corrected chi connectivity index (χ4v) is 2.54. The monoisotopic (exact) mass is 317 g/mol. The zero-order chi connectivity index (χ0) is 13.7. The van der Waals surface area contributed by atoms with Crippen LogP contribution in [0.4, 0.5) is 5.69 Å². The third kappa shape index (κ3) is 4.52. The smallest absolute Gasteiger partial charge is 0.224 e. The molecule has 0 aliphatic carbocycles. The second kappa shape index (κ2) is 6.53. The first kappa shape index (κ1) is 13.8. The van der Waals surface area contributed by atoms with Crippen molar-refractivity contribution < 1.29 is 4.79 Å². The Labute approximate surface area is 122 Å². The van der Waals surface area contributed by atoms with Crippen molar-refractivity contribution in [2.45, 2.75) is 19.8 Å². The summed E-state index contributed by atoms with van der Waals surface area (Å²) < 4.78 is 0.978. The van der Waals surface area contributed by atoms with Gasteiger partial charge in [-0.2, -0.15) is 0 Å². The van der Waals surface area contributed by atoms with E-state index in [0.29, 0.717) is 6.42 Å². The predicted octanol–water partition coefficient (Wildman–Crippen LogP) is 4.33. The van der Waals surface area contributed by atoms with Gasteiger partial charge in [0.1, 0.15) is 0 Å². The fraction of sp³-hybridized carbons (Fsp3) is 0.188. The molecule has 0 bridgehead atoms. The van der Waals surface area contributed by atoms with E-state index in [2.05, 4.69) is 21.2 Å². The molecule has 0 radical (unpaired) electrons. The van der Waals surface area contributed by atoms with Crippen molar-refractivity contribution in [3.63, 3.8) is 0 Å². The van der Waals surface area contributed by atoms with Gasteiger partial charge in [-0.25, -0.2) is 0 Å². The molecular formula is C16H16BrNO. The van der Waals surface area contributed by atoms with Gasteiger partial charge < -0.3 is 5.32 Å². The van der Waals surface area contributed by atoms with Crippen LogP contribution in [0.3, 0.4) is 0 Å². The summed E-state index contributed by atoms with van der Waals surface area (Å²) in [5.41, 5.74) is 3.14. The van der Waals surface area contributed by atoms with Gasteiger partial charge in [-0.15, -0.1) is 0 Å². The molecule has 1 N–H and O–H groups in total. The summed E-state index contributed by atoms with van der Waals surface area (Å²) in [4.78, 5) is 11.9. The first-order valence-electron chi connectivity index (χ1n) is 6.24. The molecule has 0 aliphatic heterocycles. The zero-order valence-electron chi connectivity index (χ0n) is 10.8. The fourth-order valence-electron chi connectivity index (χ4n) is 1.93. The number of anilines is 1. The number of halogens is 1. The van der Waals surface area contributed by atoms with Crippen LogP contribution in [-0.4, -0.2) is 5.91 Å². The lowest BCUT2D eigenvalue weighted by molar-refractivity contribution is -0.116. The maximum absolute atomic E-state index is 11.9. The normalized spacial score (nSPS) is 10.2. The third-order valence-corrected chi connectivity index (χ3v) is 3.27. The molecule has 0 atom stereocenters. The van der Waals surface area contributed by atoms with Crippen LogP contribution in [-0.2, 0) is 11.2 Å². The van der Waals surface area contributed by atoms with E-state index in [0.717, 1.165) is 22.1 Å². The van der Waals surface area contributed by atoms with Gasteiger partial charge >= 0.3 is 0 Å². The standard InChI is InChI=1S/C16H16BrNO/c1-12-9-14(17)11-15(10-12)18-16(19)8-7-13-5-3-2-4-6-13/h2-6,9-11H,7-8H2,1H3,(H,18,19). The number of hydrogen-bond acceptors (Lipinski definition) is 1. The molecule has 0 spiro atoms. The SMILES string of the molecule is Cc1cc(Br)cc(NC(=O)CCc2ccccc2)c1. The van der Waals surface area contributed by atoms with Crippen LogP contribution >= 0.6 is 15.9 Å². The highest BCUT2D eigenvalue weighted by Crippen LogP contribution is 2.19. The molecule has 2 nitrogen and oxygen atoms in total. The second-order valence-electron chi connectivity index (χ2n) is 4.55. The van der Waals surface area contributed by atoms with Crippen molar-refractivity contribution in [3.05, 3.63) is 64.1 Å². The molecule has 0 saturated heterocycles. The van der Waals surface area contributed by atoms with Crippen molar-refractivity contribution in [2.24, 2.45) is 0 Å². The Kier molecular flexibility index (Phi) is 4.74. The molecule has 2 rings (SSSR count). The van der Waals surface area contributed by atoms with Gasteiger partial charge in [-0.05, 0) is 42.7 Å². The van der Waals surface area contributed by atoms with Crippen molar-refractivity contribution in [1.29, 1.82) is 0 Å². The average Bonchev–Trinajstić information content (AvgIpc) is 2.36. The van der Waals surface area contributed by atoms with Crippen molar-refractivity contribution >= 4 is 27.5 Å². The largest absolute Gasteiger partial charge is 0.326 e. The Balaban J connectivity index is 1.91. The lowest BCUT2D eigenvalue weighted by Gasteiger charge is -2.07. The number of benzene rings is 2. The van der Waals surface area contributed by atoms with Crippen LogP contribution in [0, 0.1) is 6.92 Å². The molecule has 3 heteroatoms. The van der Waals surface area contributed by atoms with E-state index >= 15 is 0 Å². The van der Waals surface area contributed by atoms with Gasteiger partial charge in [0.25, 0.3) is 0 Å². The highest BCUT2D eigenvalue weighted by atomic mass is 79.9. The van der Waals surface area contributed by atoms with Gasteiger partial charge in [0.15, 0.2) is 0 Å². The van der Waals surface area contributed by atoms with Crippen LogP contribution < -0.4 is 5.32 Å². The zero-order valence-corrected chi connectivity index (χ0v) is 12.4. The van der Waals surface area contributed by atoms with E-state index in [4.69, 9.17) is 0 Å². The number of aryl methyl sites for hydroxylation is 2. The molecule has 98 valence electrons. The van der Waals surface area contributed by atoms with Crippen molar-refractivity contribution in [3.8, 4) is 0 Å². The summed E-state index contributed by atoms with van der Waals surface area (Å²) in [6.45, 7) is 2.00. The van der Waals surface area contributed by atoms with Crippen LogP contribution in [0.5, 0.6) is 0 Å². The van der Waals surface area contributed by atoms with E-state index in [1.165, 1.54) is 5.56 Å². The Morgan fingerprint density at radius 1 is 1.16 bits per heavy atom. The molecule has 0 unspecified atom stereocenters. The number of rotatable bonds is 4. The van der Waals surface area contributed by atoms with E-state index < -0.39 is 0 Å². The Morgan fingerprint density at radius 3 is 2.58 bits per heavy atom. The predicted molar refractivity (Wildman–Crippen MR) is 82.3 cm³/mol. The summed E-state index contributed by atoms with van der Waals surface area (Å²) in [6, 6.07) is 15.9. The number of carbonyl (C=O) groups excluding carboxylic acids is 1. The van der Waals surface area contributed by atoms with E-state index in [-0.39, 0.29) is 5.91 Å². The van der Waals surface area contributed by atoms with Crippen LogP contribution in [0.2, 0.25) is 0 Å². The lowest BCUT2D eigenvalue weighted by Crippen LogP contribution is -2.12. The minimum Gasteiger partial charge on any atom is -0.326 e. The third-order valence-electron chi connectivity index (χ3n) is 2.81. The van der Waals surface area contributed by atoms with Crippen molar-refractivity contribution in [2.75, 3.05) is 5.32 Å². The summed E-state index contributed by atoms with van der Waals surface area (Å²) in [6.07, 6.45) is 1.26. The van der Waals surface area contributed by atoms with Crippen molar-refractivity contribution in [1.82, 2.24) is 0 Å². The van der Waals surface area contributed by atoms with Gasteiger partial charge in [-0.3, -0.25) is 4.79 Å². The van der Waals surface area contributed by atoms with Gasteiger partial charge in [0.05, 0.1) is 0 Å². The van der Waals surface area contributed by atoms with Gasteiger partial charge in [0.2, 0.25) is 5.91 Å². The highest BCUT2D eigenvalue weighted by Gasteiger charge is 2.04. The summed E-state index contributed by atoms with van der Waals surface area (Å²) in [7, 11) is 0. The molecule has 0 saturated carbocycles. The minimum absolute atomic E-state index is 0.0429. The summed E-state index contributed by atoms with van der Waals surface area (Å²) in [5, 5.41) is 2.92.